The lowest BCUT2D eigenvalue weighted by Crippen LogP contribution is -2.48. The summed E-state index contributed by atoms with van der Waals surface area (Å²) in [5, 5.41) is 21.8. The molecule has 1 atom stereocenters. The molecule has 4 heterocycles. The van der Waals surface area contributed by atoms with Gasteiger partial charge in [-0.15, -0.1) is 10.2 Å². The van der Waals surface area contributed by atoms with Gasteiger partial charge in [-0.25, -0.2) is 0 Å². The third-order valence-corrected chi connectivity index (χ3v) is 8.96. The van der Waals surface area contributed by atoms with Gasteiger partial charge in [-0.2, -0.15) is 5.10 Å². The van der Waals surface area contributed by atoms with Crippen LogP contribution in [0.3, 0.4) is 0 Å². The Morgan fingerprint density at radius 1 is 1.13 bits per heavy atom. The number of allylic oxidation sites excluding steroid dienone is 1. The Labute approximate surface area is 260 Å². The molecular formula is C31H39N11O3. The van der Waals surface area contributed by atoms with Crippen molar-refractivity contribution >= 4 is 23.2 Å². The van der Waals surface area contributed by atoms with E-state index in [1.54, 1.807) is 0 Å². The number of nitrogens with one attached hydrogen (secondary N) is 3. The molecular weight excluding hydrogens is 574 g/mol. The fourth-order valence-electron chi connectivity index (χ4n) is 6.25. The van der Waals surface area contributed by atoms with Crippen LogP contribution in [0, 0.1) is 5.92 Å². The summed E-state index contributed by atoms with van der Waals surface area (Å²) in [7, 11) is 2.08. The number of anilines is 2. The molecule has 14 nitrogen and oxygen atoms in total. The van der Waals surface area contributed by atoms with Crippen LogP contribution >= 0.6 is 0 Å². The van der Waals surface area contributed by atoms with Crippen molar-refractivity contribution in [3.8, 4) is 11.1 Å². The Kier molecular flexibility index (Phi) is 7.43. The molecule has 2 amide bonds. The van der Waals surface area contributed by atoms with Crippen molar-refractivity contribution in [1.29, 1.82) is 0 Å². The maximum atomic E-state index is 13.0. The molecule has 2 aromatic heterocycles. The Morgan fingerprint density at radius 3 is 2.62 bits per heavy atom. The van der Waals surface area contributed by atoms with E-state index in [1.807, 2.05) is 18.3 Å². The molecule has 14 heteroatoms. The van der Waals surface area contributed by atoms with E-state index in [2.05, 4.69) is 60.7 Å². The zero-order valence-corrected chi connectivity index (χ0v) is 25.5. The van der Waals surface area contributed by atoms with Crippen molar-refractivity contribution in [2.24, 2.45) is 17.4 Å². The van der Waals surface area contributed by atoms with Crippen LogP contribution in [0.2, 0.25) is 0 Å². The molecule has 1 unspecified atom stereocenters. The predicted octanol–water partition coefficient (Wildman–Crippen LogP) is 2.08. The van der Waals surface area contributed by atoms with Gasteiger partial charge in [0.25, 0.3) is 5.91 Å². The van der Waals surface area contributed by atoms with E-state index < -0.39 is 0 Å². The molecule has 7 rings (SSSR count). The average Bonchev–Trinajstić information content (AvgIpc) is 3.92. The SMILES string of the molecule is CCC1c2c(cnn2C2CN(Cc3nnco3)C2)-c2cccc(NC(/C=C(\N)NC(=O)C3CC3)=C(/N)C(=O)NC3CC3)c2N1C. The summed E-state index contributed by atoms with van der Waals surface area (Å²) < 4.78 is 7.49. The highest BCUT2D eigenvalue weighted by atomic mass is 16.4. The van der Waals surface area contributed by atoms with Crippen molar-refractivity contribution in [3.63, 3.8) is 0 Å². The molecule has 0 bridgehead atoms. The number of para-hydroxylation sites is 1. The van der Waals surface area contributed by atoms with Crippen LogP contribution < -0.4 is 32.3 Å². The minimum absolute atomic E-state index is 0.00259. The standard InChI is InChI=1S/C31H39N11O3/c1-3-24-29-21(12-35-42(29)19-13-41(14-19)15-26-39-34-16-45-26)20-5-4-6-22(28(20)40(24)2)37-23(27(33)31(44)36-18-9-10-18)11-25(32)38-30(43)17-7-8-17/h4-6,11-12,16-19,24,37H,3,7-10,13-15,32-33H2,1-2H3,(H,36,44)(H,38,43)/b25-11+,27-23+. The second-order valence-corrected chi connectivity index (χ2v) is 12.4. The number of likely N-dealkylation sites (tertiary alicyclic amines) is 1. The smallest absolute Gasteiger partial charge is 0.269 e. The van der Waals surface area contributed by atoms with Crippen molar-refractivity contribution in [2.75, 3.05) is 30.4 Å². The second-order valence-electron chi connectivity index (χ2n) is 12.4. The lowest BCUT2D eigenvalue weighted by Gasteiger charge is -2.42. The molecule has 2 aliphatic carbocycles. The highest BCUT2D eigenvalue weighted by Crippen LogP contribution is 2.49. The topological polar surface area (TPSA) is 185 Å². The molecule has 1 aromatic carbocycles. The summed E-state index contributed by atoms with van der Waals surface area (Å²) in [6.07, 6.45) is 9.26. The number of amides is 2. The molecule has 7 N–H and O–H groups in total. The van der Waals surface area contributed by atoms with E-state index in [0.717, 1.165) is 67.7 Å². The van der Waals surface area contributed by atoms with Crippen molar-refractivity contribution in [2.45, 2.75) is 63.7 Å². The van der Waals surface area contributed by atoms with Gasteiger partial charge in [0, 0.05) is 49.3 Å². The van der Waals surface area contributed by atoms with Crippen LogP contribution in [0.5, 0.6) is 0 Å². The summed E-state index contributed by atoms with van der Waals surface area (Å²) in [4.78, 5) is 30.0. The van der Waals surface area contributed by atoms with Gasteiger partial charge in [0.15, 0.2) is 0 Å². The molecule has 236 valence electrons. The molecule has 0 spiro atoms. The van der Waals surface area contributed by atoms with Crippen LogP contribution in [-0.2, 0) is 16.1 Å². The zero-order chi connectivity index (χ0) is 31.2. The highest BCUT2D eigenvalue weighted by Gasteiger charge is 2.38. The molecule has 3 fully saturated rings. The molecule has 45 heavy (non-hydrogen) atoms. The third-order valence-electron chi connectivity index (χ3n) is 8.96. The van der Waals surface area contributed by atoms with Gasteiger partial charge in [0.05, 0.1) is 47.6 Å². The molecule has 0 radical (unpaired) electrons. The number of fused-ring (bicyclic) bond motifs is 3. The number of nitrogens with two attached hydrogens (primary N) is 2. The normalized spacial score (nSPS) is 20.5. The summed E-state index contributed by atoms with van der Waals surface area (Å²) in [6, 6.07) is 6.44. The van der Waals surface area contributed by atoms with E-state index >= 15 is 0 Å². The zero-order valence-electron chi connectivity index (χ0n) is 25.5. The fourth-order valence-corrected chi connectivity index (χ4v) is 6.25. The lowest BCUT2D eigenvalue weighted by molar-refractivity contribution is -0.121. The number of rotatable bonds is 11. The van der Waals surface area contributed by atoms with Crippen LogP contribution in [0.25, 0.3) is 11.1 Å². The first-order valence-corrected chi connectivity index (χ1v) is 15.6. The first kappa shape index (κ1) is 28.9. The Bertz CT molecular complexity index is 1660. The second kappa shape index (κ2) is 11.6. The Morgan fingerprint density at radius 2 is 1.93 bits per heavy atom. The summed E-state index contributed by atoms with van der Waals surface area (Å²) in [5.74, 6) is 0.215. The van der Waals surface area contributed by atoms with Crippen molar-refractivity contribution < 1.29 is 14.0 Å². The maximum absolute atomic E-state index is 13.0. The number of hydrogen-bond acceptors (Lipinski definition) is 11. The number of nitrogens with zero attached hydrogens (tertiary/aromatic N) is 6. The van der Waals surface area contributed by atoms with Gasteiger partial charge >= 0.3 is 0 Å². The lowest BCUT2D eigenvalue weighted by atomic mass is 9.91. The monoisotopic (exact) mass is 613 g/mol. The Balaban J connectivity index is 1.19. The fraction of sp³-hybridized carbons (Fsp3) is 0.452. The molecule has 1 saturated heterocycles. The minimum Gasteiger partial charge on any atom is -0.427 e. The van der Waals surface area contributed by atoms with Crippen LogP contribution in [0.15, 0.2) is 58.5 Å². The van der Waals surface area contributed by atoms with E-state index in [4.69, 9.17) is 21.0 Å². The largest absolute Gasteiger partial charge is 0.427 e. The molecule has 2 saturated carbocycles. The summed E-state index contributed by atoms with van der Waals surface area (Å²) in [5.41, 5.74) is 18.0. The first-order valence-electron chi connectivity index (χ1n) is 15.6. The van der Waals surface area contributed by atoms with E-state index in [-0.39, 0.29) is 47.4 Å². The van der Waals surface area contributed by atoms with Crippen LogP contribution in [0.1, 0.15) is 62.7 Å². The van der Waals surface area contributed by atoms with Gasteiger partial charge in [-0.3, -0.25) is 19.2 Å². The quantitative estimate of drug-likeness (QED) is 0.157. The van der Waals surface area contributed by atoms with Gasteiger partial charge in [-0.1, -0.05) is 19.1 Å². The van der Waals surface area contributed by atoms with Crippen molar-refractivity contribution in [1.82, 2.24) is 35.5 Å². The van der Waals surface area contributed by atoms with Crippen LogP contribution in [0.4, 0.5) is 11.4 Å². The molecule has 4 aliphatic rings. The van der Waals surface area contributed by atoms with Crippen molar-refractivity contribution in [3.05, 3.63) is 65.7 Å². The van der Waals surface area contributed by atoms with Gasteiger partial charge in [0.1, 0.15) is 11.5 Å². The van der Waals surface area contributed by atoms with E-state index in [9.17, 15) is 9.59 Å². The van der Waals surface area contributed by atoms with Gasteiger partial charge < -0.3 is 36.7 Å². The third kappa shape index (κ3) is 5.72. The van der Waals surface area contributed by atoms with Gasteiger partial charge in [0.2, 0.25) is 18.2 Å². The predicted molar refractivity (Wildman–Crippen MR) is 167 cm³/mol. The number of aromatic nitrogens is 4. The van der Waals surface area contributed by atoms with Crippen LogP contribution in [-0.4, -0.2) is 62.9 Å². The summed E-state index contributed by atoms with van der Waals surface area (Å²) >= 11 is 0. The maximum Gasteiger partial charge on any atom is 0.269 e. The number of hydrogen-bond donors (Lipinski definition) is 5. The highest BCUT2D eigenvalue weighted by molar-refractivity contribution is 5.96. The summed E-state index contributed by atoms with van der Waals surface area (Å²) in [6.45, 7) is 4.47. The number of carbonyl (C=O) groups excluding carboxylic acids is 2. The minimum atomic E-state index is -0.376. The Hall–Kier alpha value is -4.85. The molecule has 3 aromatic rings. The first-order chi connectivity index (χ1) is 21.8. The van der Waals surface area contributed by atoms with E-state index in [0.29, 0.717) is 18.1 Å². The van der Waals surface area contributed by atoms with E-state index in [1.165, 1.54) is 18.2 Å². The number of carbonyl (C=O) groups is 2. The number of benzene rings is 1. The van der Waals surface area contributed by atoms with Gasteiger partial charge in [-0.05, 0) is 38.2 Å². The molecule has 2 aliphatic heterocycles. The average molecular weight is 614 g/mol.